The van der Waals surface area contributed by atoms with Crippen molar-refractivity contribution in [1.82, 2.24) is 14.9 Å². The summed E-state index contributed by atoms with van der Waals surface area (Å²) in [6.45, 7) is 4.31. The Hall–Kier alpha value is -2.66. The van der Waals surface area contributed by atoms with Crippen LogP contribution < -0.4 is 15.4 Å². The number of carbonyl (C=O) groups excluding carboxylic acids is 3. The van der Waals surface area contributed by atoms with Crippen LogP contribution in [0.2, 0.25) is 0 Å². The van der Waals surface area contributed by atoms with E-state index in [0.717, 1.165) is 25.7 Å². The highest BCUT2D eigenvalue weighted by Gasteiger charge is 2.29. The molecule has 1 aliphatic heterocycles. The van der Waals surface area contributed by atoms with Gasteiger partial charge in [0.2, 0.25) is 10.0 Å². The van der Waals surface area contributed by atoms with Crippen LogP contribution in [0, 0.1) is 5.92 Å². The van der Waals surface area contributed by atoms with E-state index in [0.29, 0.717) is 19.6 Å². The number of amides is 3. The maximum Gasteiger partial charge on any atom is 0.338 e. The Labute approximate surface area is 188 Å². The molecule has 3 amide bonds. The highest BCUT2D eigenvalue weighted by Crippen LogP contribution is 2.29. The SMILES string of the molecule is COc1ccc(C(=O)OCC(=O)NC(=O)NCC(C)C)cc1S(=O)(=O)N1CCCCCC1. The molecule has 1 heterocycles. The van der Waals surface area contributed by atoms with E-state index in [4.69, 9.17) is 9.47 Å². The predicted octanol–water partition coefficient (Wildman–Crippen LogP) is 1.90. The van der Waals surface area contributed by atoms with Gasteiger partial charge >= 0.3 is 12.0 Å². The topological polar surface area (TPSA) is 131 Å². The summed E-state index contributed by atoms with van der Waals surface area (Å²) < 4.78 is 37.9. The Kier molecular flexibility index (Phi) is 9.45. The van der Waals surface area contributed by atoms with Gasteiger partial charge in [0, 0.05) is 19.6 Å². The zero-order valence-corrected chi connectivity index (χ0v) is 19.5. The number of nitrogens with zero attached hydrogens (tertiary/aromatic N) is 1. The molecule has 0 atom stereocenters. The maximum atomic E-state index is 13.2. The van der Waals surface area contributed by atoms with Gasteiger partial charge in [-0.3, -0.25) is 10.1 Å². The van der Waals surface area contributed by atoms with Crippen LogP contribution in [0.25, 0.3) is 0 Å². The molecule has 0 aromatic heterocycles. The van der Waals surface area contributed by atoms with E-state index < -0.39 is 34.5 Å². The quantitative estimate of drug-likeness (QED) is 0.556. The molecule has 0 spiro atoms. The zero-order valence-electron chi connectivity index (χ0n) is 18.7. The van der Waals surface area contributed by atoms with Crippen LogP contribution in [-0.2, 0) is 19.6 Å². The Balaban J connectivity index is 2.08. The molecule has 0 bridgehead atoms. The molecule has 32 heavy (non-hydrogen) atoms. The van der Waals surface area contributed by atoms with Crippen LogP contribution in [0.4, 0.5) is 4.79 Å². The molecule has 1 aromatic rings. The number of nitrogens with one attached hydrogen (secondary N) is 2. The van der Waals surface area contributed by atoms with Gasteiger partial charge in [0.05, 0.1) is 12.7 Å². The Morgan fingerprint density at radius 3 is 2.34 bits per heavy atom. The monoisotopic (exact) mass is 469 g/mol. The van der Waals surface area contributed by atoms with E-state index in [2.05, 4.69) is 10.6 Å². The first kappa shape index (κ1) is 25.6. The standard InChI is InChI=1S/C21H31N3O7S/c1-15(2)13-22-21(27)23-19(25)14-31-20(26)16-8-9-17(30-3)18(12-16)32(28,29)24-10-6-4-5-7-11-24/h8-9,12,15H,4-7,10-11,13-14H2,1-3H3,(H2,22,23,25,27). The molecule has 2 N–H and O–H groups in total. The second kappa shape index (κ2) is 11.8. The number of benzene rings is 1. The smallest absolute Gasteiger partial charge is 0.338 e. The minimum atomic E-state index is -3.88. The van der Waals surface area contributed by atoms with Crippen LogP contribution in [0.3, 0.4) is 0 Å². The molecule has 0 aliphatic carbocycles. The normalized spacial score (nSPS) is 15.0. The molecular formula is C21H31N3O7S. The highest BCUT2D eigenvalue weighted by molar-refractivity contribution is 7.89. The second-order valence-corrected chi connectivity index (χ2v) is 9.82. The van der Waals surface area contributed by atoms with Crippen LogP contribution in [0.1, 0.15) is 49.9 Å². The number of hydrogen-bond donors (Lipinski definition) is 2. The Morgan fingerprint density at radius 1 is 1.09 bits per heavy atom. The van der Waals surface area contributed by atoms with Crippen LogP contribution >= 0.6 is 0 Å². The van der Waals surface area contributed by atoms with E-state index in [1.807, 2.05) is 13.8 Å². The average molecular weight is 470 g/mol. The van der Waals surface area contributed by atoms with E-state index in [9.17, 15) is 22.8 Å². The number of urea groups is 1. The predicted molar refractivity (Wildman–Crippen MR) is 117 cm³/mol. The highest BCUT2D eigenvalue weighted by atomic mass is 32.2. The van der Waals surface area contributed by atoms with Crippen molar-refractivity contribution in [3.05, 3.63) is 23.8 Å². The molecular weight excluding hydrogens is 438 g/mol. The minimum absolute atomic E-state index is 0.0451. The lowest BCUT2D eigenvalue weighted by atomic mass is 10.2. The third kappa shape index (κ3) is 7.20. The fourth-order valence-corrected chi connectivity index (χ4v) is 4.84. The molecule has 1 aromatic carbocycles. The molecule has 0 unspecified atom stereocenters. The van der Waals surface area contributed by atoms with Gasteiger partial charge in [-0.25, -0.2) is 18.0 Å². The summed E-state index contributed by atoms with van der Waals surface area (Å²) in [5.41, 5.74) is -0.0451. The fraction of sp³-hybridized carbons (Fsp3) is 0.571. The van der Waals surface area contributed by atoms with E-state index in [1.54, 1.807) is 0 Å². The maximum absolute atomic E-state index is 13.2. The molecule has 0 radical (unpaired) electrons. The Bertz CT molecular complexity index is 923. The minimum Gasteiger partial charge on any atom is -0.495 e. The zero-order chi connectivity index (χ0) is 23.7. The fourth-order valence-electron chi connectivity index (χ4n) is 3.14. The molecule has 1 fully saturated rings. The first-order valence-corrected chi connectivity index (χ1v) is 12.0. The molecule has 1 aliphatic rings. The van der Waals surface area contributed by atoms with Crippen LogP contribution in [0.15, 0.2) is 23.1 Å². The number of hydrogen-bond acceptors (Lipinski definition) is 7. The van der Waals surface area contributed by atoms with E-state index in [-0.39, 0.29) is 22.1 Å². The molecule has 2 rings (SSSR count). The number of esters is 1. The summed E-state index contributed by atoms with van der Waals surface area (Å²) in [4.78, 5) is 35.7. The van der Waals surface area contributed by atoms with Gasteiger partial charge in [-0.2, -0.15) is 4.31 Å². The van der Waals surface area contributed by atoms with Crippen molar-refractivity contribution < 1.29 is 32.3 Å². The lowest BCUT2D eigenvalue weighted by Gasteiger charge is -2.21. The Morgan fingerprint density at radius 2 is 1.75 bits per heavy atom. The van der Waals surface area contributed by atoms with Gasteiger partial charge in [-0.05, 0) is 37.0 Å². The van der Waals surface area contributed by atoms with Gasteiger partial charge in [-0.15, -0.1) is 0 Å². The first-order chi connectivity index (χ1) is 15.1. The number of carbonyl (C=O) groups is 3. The van der Waals surface area contributed by atoms with Gasteiger partial charge in [0.25, 0.3) is 5.91 Å². The van der Waals surface area contributed by atoms with Crippen molar-refractivity contribution in [2.24, 2.45) is 5.92 Å². The summed E-state index contributed by atoms with van der Waals surface area (Å²) in [5, 5.41) is 4.56. The van der Waals surface area contributed by atoms with Gasteiger partial charge in [0.1, 0.15) is 10.6 Å². The van der Waals surface area contributed by atoms with Crippen molar-refractivity contribution >= 4 is 27.9 Å². The molecule has 0 saturated carbocycles. The van der Waals surface area contributed by atoms with E-state index >= 15 is 0 Å². The van der Waals surface area contributed by atoms with E-state index in [1.165, 1.54) is 29.6 Å². The largest absolute Gasteiger partial charge is 0.495 e. The number of ether oxygens (including phenoxy) is 2. The lowest BCUT2D eigenvalue weighted by molar-refractivity contribution is -0.123. The van der Waals surface area contributed by atoms with Gasteiger partial charge < -0.3 is 14.8 Å². The number of rotatable bonds is 8. The van der Waals surface area contributed by atoms with Crippen LogP contribution in [0.5, 0.6) is 5.75 Å². The molecule has 1 saturated heterocycles. The third-order valence-corrected chi connectivity index (χ3v) is 6.76. The summed E-state index contributed by atoms with van der Waals surface area (Å²) in [7, 11) is -2.53. The van der Waals surface area contributed by atoms with Gasteiger partial charge in [0.15, 0.2) is 6.61 Å². The molecule has 178 valence electrons. The summed E-state index contributed by atoms with van der Waals surface area (Å²) in [6.07, 6.45) is 3.46. The summed E-state index contributed by atoms with van der Waals surface area (Å²) >= 11 is 0. The first-order valence-electron chi connectivity index (χ1n) is 10.6. The van der Waals surface area contributed by atoms with Crippen molar-refractivity contribution in [2.75, 3.05) is 33.4 Å². The lowest BCUT2D eigenvalue weighted by Crippen LogP contribution is -2.42. The molecule has 11 heteroatoms. The van der Waals surface area contributed by atoms with Crippen LogP contribution in [-0.4, -0.2) is 64.0 Å². The van der Waals surface area contributed by atoms with Crippen molar-refractivity contribution in [3.8, 4) is 5.75 Å². The number of methoxy groups -OCH3 is 1. The summed E-state index contributed by atoms with van der Waals surface area (Å²) in [6, 6.07) is 3.24. The summed E-state index contributed by atoms with van der Waals surface area (Å²) in [5.74, 6) is -1.36. The van der Waals surface area contributed by atoms with Gasteiger partial charge in [-0.1, -0.05) is 26.7 Å². The number of sulfonamides is 1. The third-order valence-electron chi connectivity index (χ3n) is 4.84. The van der Waals surface area contributed by atoms with Crippen molar-refractivity contribution in [3.63, 3.8) is 0 Å². The average Bonchev–Trinajstić information content (AvgIpc) is 3.05. The van der Waals surface area contributed by atoms with Crippen molar-refractivity contribution in [1.29, 1.82) is 0 Å². The second-order valence-electron chi connectivity index (χ2n) is 7.91. The molecule has 10 nitrogen and oxygen atoms in total. The van der Waals surface area contributed by atoms with Crippen molar-refractivity contribution in [2.45, 2.75) is 44.4 Å². The number of imide groups is 1.